The van der Waals surface area contributed by atoms with Crippen LogP contribution >= 0.6 is 15.9 Å². The van der Waals surface area contributed by atoms with Crippen LogP contribution in [0.4, 0.5) is 0 Å². The first-order chi connectivity index (χ1) is 16.7. The normalized spacial score (nSPS) is 21.0. The Morgan fingerprint density at radius 2 is 1.51 bits per heavy atom. The second kappa shape index (κ2) is 10.4. The fourth-order valence-electron chi connectivity index (χ4n) is 5.56. The lowest BCUT2D eigenvalue weighted by atomic mass is 9.70. The lowest BCUT2D eigenvalue weighted by Crippen LogP contribution is -2.68. The fraction of sp³-hybridized carbons (Fsp3) is 0.379. The second-order valence-electron chi connectivity index (χ2n) is 10.7. The topological polar surface area (TPSA) is 59.4 Å². The van der Waals surface area contributed by atoms with Crippen molar-refractivity contribution >= 4 is 40.6 Å². The number of carboxylic acid groups (broad SMARTS) is 1. The molecule has 6 heteroatoms. The number of rotatable bonds is 7. The molecule has 1 N–H and O–H groups in total. The highest BCUT2D eigenvalue weighted by Crippen LogP contribution is 2.44. The number of carboxylic acids is 1. The Labute approximate surface area is 218 Å². The quantitative estimate of drug-likeness (QED) is 0.290. The molecule has 1 heterocycles. The summed E-state index contributed by atoms with van der Waals surface area (Å²) in [7, 11) is -2.66. The zero-order valence-corrected chi connectivity index (χ0v) is 23.3. The second-order valence-corrected chi connectivity index (χ2v) is 15.8. The molecule has 1 aromatic heterocycles. The van der Waals surface area contributed by atoms with Gasteiger partial charge < -0.3 is 9.53 Å². The number of benzene rings is 2. The van der Waals surface area contributed by atoms with Crippen LogP contribution in [0, 0.1) is 5.41 Å². The monoisotopic (exact) mass is 551 g/mol. The van der Waals surface area contributed by atoms with E-state index < -0.39 is 19.7 Å². The summed E-state index contributed by atoms with van der Waals surface area (Å²) < 4.78 is 8.02. The van der Waals surface area contributed by atoms with E-state index in [1.165, 1.54) is 10.4 Å². The molecule has 4 rings (SSSR count). The van der Waals surface area contributed by atoms with Crippen LogP contribution in [0.25, 0.3) is 0 Å². The predicted octanol–water partition coefficient (Wildman–Crippen LogP) is 5.98. The third-order valence-corrected chi connectivity index (χ3v) is 12.9. The Hall–Kier alpha value is -2.28. The van der Waals surface area contributed by atoms with E-state index in [9.17, 15) is 9.90 Å². The molecule has 0 atom stereocenters. The zero-order chi connectivity index (χ0) is 25.1. The number of nitrogens with zero attached hydrogens (tertiary/aromatic N) is 1. The van der Waals surface area contributed by atoms with Crippen molar-refractivity contribution in [1.29, 1.82) is 0 Å². The maximum atomic E-state index is 12.5. The van der Waals surface area contributed by atoms with E-state index >= 15 is 0 Å². The first-order valence-corrected chi connectivity index (χ1v) is 15.0. The summed E-state index contributed by atoms with van der Waals surface area (Å²) in [5.41, 5.74) is 0.00663. The van der Waals surface area contributed by atoms with Crippen LogP contribution in [0.5, 0.6) is 0 Å². The van der Waals surface area contributed by atoms with Gasteiger partial charge in [0.05, 0.1) is 5.41 Å². The summed E-state index contributed by atoms with van der Waals surface area (Å²) >= 11 is 3.41. The van der Waals surface area contributed by atoms with Gasteiger partial charge in [-0.25, -0.2) is 4.98 Å². The van der Waals surface area contributed by atoms with Gasteiger partial charge in [-0.05, 0) is 69.2 Å². The van der Waals surface area contributed by atoms with Gasteiger partial charge in [0.25, 0.3) is 8.32 Å². The Morgan fingerprint density at radius 3 is 1.97 bits per heavy atom. The van der Waals surface area contributed by atoms with E-state index in [4.69, 9.17) is 4.43 Å². The largest absolute Gasteiger partial charge is 0.481 e. The van der Waals surface area contributed by atoms with Gasteiger partial charge in [-0.1, -0.05) is 87.5 Å². The summed E-state index contributed by atoms with van der Waals surface area (Å²) in [6, 6.07) is 27.0. The van der Waals surface area contributed by atoms with Crippen LogP contribution in [0.2, 0.25) is 5.04 Å². The number of aliphatic carboxylic acids is 1. The van der Waals surface area contributed by atoms with Crippen molar-refractivity contribution in [2.75, 3.05) is 0 Å². The molecule has 0 amide bonds. The minimum absolute atomic E-state index is 0.0178. The molecule has 1 fully saturated rings. The summed E-state index contributed by atoms with van der Waals surface area (Å²) in [4.78, 5) is 17.0. The van der Waals surface area contributed by atoms with Crippen molar-refractivity contribution in [1.82, 2.24) is 4.98 Å². The minimum atomic E-state index is -2.66. The van der Waals surface area contributed by atoms with Gasteiger partial charge in [0.1, 0.15) is 4.60 Å². The molecule has 184 valence electrons. The van der Waals surface area contributed by atoms with E-state index in [1.54, 1.807) is 0 Å². The van der Waals surface area contributed by atoms with E-state index in [-0.39, 0.29) is 11.1 Å². The van der Waals surface area contributed by atoms with Gasteiger partial charge in [0, 0.05) is 18.2 Å². The van der Waals surface area contributed by atoms with Crippen LogP contribution in [0.1, 0.15) is 52.1 Å². The van der Waals surface area contributed by atoms with E-state index in [2.05, 4.69) is 90.2 Å². The van der Waals surface area contributed by atoms with Crippen molar-refractivity contribution < 1.29 is 14.3 Å². The molecule has 0 spiro atoms. The lowest BCUT2D eigenvalue weighted by molar-refractivity contribution is -0.152. The summed E-state index contributed by atoms with van der Waals surface area (Å²) in [5, 5.41) is 12.7. The van der Waals surface area contributed by atoms with Gasteiger partial charge in [-0.3, -0.25) is 4.79 Å². The Balaban J connectivity index is 1.64. The standard InChI is InChI=1S/C29H34BrNO3Si/c1-28(2,3)35(24-12-6-4-7-13-24,25-14-8-5-9-15-25)34-23-17-19-29(20-18-23,27(32)33)21-22-11-10-16-26(30)31-22/h4-16,23H,17-21H2,1-3H3,(H,32,33). The maximum absolute atomic E-state index is 12.5. The molecule has 0 unspecified atom stereocenters. The molecule has 1 aliphatic rings. The van der Waals surface area contributed by atoms with Gasteiger partial charge in [0.15, 0.2) is 0 Å². The molecule has 0 bridgehead atoms. The third-order valence-electron chi connectivity index (χ3n) is 7.40. The first kappa shape index (κ1) is 25.8. The predicted molar refractivity (Wildman–Crippen MR) is 147 cm³/mol. The molecule has 1 aliphatic carbocycles. The molecular weight excluding hydrogens is 518 g/mol. The Morgan fingerprint density at radius 1 is 0.971 bits per heavy atom. The van der Waals surface area contributed by atoms with Crippen molar-refractivity contribution in [2.24, 2.45) is 5.41 Å². The number of halogens is 1. The summed E-state index contributed by atoms with van der Waals surface area (Å²) in [6.07, 6.45) is 3.08. The SMILES string of the molecule is CC(C)(C)[Si](OC1CCC(Cc2cccc(Br)n2)(C(=O)O)CC1)(c1ccccc1)c1ccccc1. The van der Waals surface area contributed by atoms with Crippen LogP contribution in [-0.4, -0.2) is 30.5 Å². The van der Waals surface area contributed by atoms with E-state index in [0.29, 0.717) is 19.3 Å². The molecule has 4 nitrogen and oxygen atoms in total. The molecular formula is C29H34BrNO3Si. The smallest absolute Gasteiger partial charge is 0.310 e. The third kappa shape index (κ3) is 5.30. The van der Waals surface area contributed by atoms with Gasteiger partial charge in [-0.15, -0.1) is 0 Å². The molecule has 35 heavy (non-hydrogen) atoms. The summed E-state index contributed by atoms with van der Waals surface area (Å²) in [5.74, 6) is -0.733. The molecule has 2 aromatic carbocycles. The number of hydrogen-bond acceptors (Lipinski definition) is 3. The highest BCUT2D eigenvalue weighted by Gasteiger charge is 2.52. The van der Waals surface area contributed by atoms with Crippen LogP contribution in [0.15, 0.2) is 83.5 Å². The van der Waals surface area contributed by atoms with Crippen LogP contribution in [0.3, 0.4) is 0 Å². The molecule has 0 radical (unpaired) electrons. The van der Waals surface area contributed by atoms with Gasteiger partial charge in [0.2, 0.25) is 0 Å². The Kier molecular flexibility index (Phi) is 7.64. The van der Waals surface area contributed by atoms with Gasteiger partial charge >= 0.3 is 5.97 Å². The zero-order valence-electron chi connectivity index (χ0n) is 20.7. The highest BCUT2D eigenvalue weighted by molar-refractivity contribution is 9.10. The Bertz CT molecular complexity index is 1100. The number of pyridine rings is 1. The maximum Gasteiger partial charge on any atom is 0.310 e. The van der Waals surface area contributed by atoms with Crippen molar-refractivity contribution in [3.63, 3.8) is 0 Å². The highest BCUT2D eigenvalue weighted by atomic mass is 79.9. The number of carbonyl (C=O) groups is 1. The molecule has 3 aromatic rings. The first-order valence-electron chi connectivity index (χ1n) is 12.3. The molecule has 0 saturated heterocycles. The van der Waals surface area contributed by atoms with Gasteiger partial charge in [-0.2, -0.15) is 0 Å². The van der Waals surface area contributed by atoms with Crippen LogP contribution < -0.4 is 10.4 Å². The number of aromatic nitrogens is 1. The van der Waals surface area contributed by atoms with E-state index in [1.807, 2.05) is 30.3 Å². The average Bonchev–Trinajstić information content (AvgIpc) is 2.84. The fourth-order valence-corrected chi connectivity index (χ4v) is 10.7. The minimum Gasteiger partial charge on any atom is -0.481 e. The summed E-state index contributed by atoms with van der Waals surface area (Å²) in [6.45, 7) is 6.84. The average molecular weight is 553 g/mol. The molecule has 1 saturated carbocycles. The lowest BCUT2D eigenvalue weighted by Gasteiger charge is -2.47. The van der Waals surface area contributed by atoms with Crippen molar-refractivity contribution in [3.05, 3.63) is 89.2 Å². The number of hydrogen-bond donors (Lipinski definition) is 1. The van der Waals surface area contributed by atoms with Crippen molar-refractivity contribution in [2.45, 2.75) is 64.0 Å². The van der Waals surface area contributed by atoms with Crippen LogP contribution in [-0.2, 0) is 15.6 Å². The van der Waals surface area contributed by atoms with Crippen molar-refractivity contribution in [3.8, 4) is 0 Å². The van der Waals surface area contributed by atoms with E-state index in [0.717, 1.165) is 23.1 Å². The molecule has 0 aliphatic heterocycles.